The first-order valence-corrected chi connectivity index (χ1v) is 11.0. The van der Waals surface area contributed by atoms with E-state index in [-0.39, 0.29) is 42.7 Å². The third-order valence-electron chi connectivity index (χ3n) is 5.98. The molecule has 1 saturated heterocycles. The van der Waals surface area contributed by atoms with Crippen LogP contribution in [0.25, 0.3) is 10.8 Å². The van der Waals surface area contributed by atoms with E-state index in [1.165, 1.54) is 0 Å². The van der Waals surface area contributed by atoms with Gasteiger partial charge in [0.05, 0.1) is 6.04 Å². The fourth-order valence-corrected chi connectivity index (χ4v) is 4.25. The van der Waals surface area contributed by atoms with E-state index >= 15 is 0 Å². The number of carbonyl (C=O) groups is 2. The highest BCUT2D eigenvalue weighted by Crippen LogP contribution is 2.24. The van der Waals surface area contributed by atoms with Crippen molar-refractivity contribution in [2.75, 3.05) is 26.2 Å². The third kappa shape index (κ3) is 6.47. The van der Waals surface area contributed by atoms with Crippen molar-refractivity contribution >= 4 is 47.4 Å². The van der Waals surface area contributed by atoms with Gasteiger partial charge in [-0.05, 0) is 41.3 Å². The Kier molecular flexibility index (Phi) is 10.2. The van der Waals surface area contributed by atoms with Crippen LogP contribution in [0.3, 0.4) is 0 Å². The molecule has 3 aromatic carbocycles. The third-order valence-corrected chi connectivity index (χ3v) is 5.98. The average molecular weight is 488 g/mol. The molecule has 1 heterocycles. The Bertz CT molecular complexity index is 1080. The van der Waals surface area contributed by atoms with Gasteiger partial charge in [-0.2, -0.15) is 0 Å². The first kappa shape index (κ1) is 26.7. The summed E-state index contributed by atoms with van der Waals surface area (Å²) >= 11 is 0. The van der Waals surface area contributed by atoms with Crippen LogP contribution in [0.4, 0.5) is 0 Å². The second kappa shape index (κ2) is 12.6. The van der Waals surface area contributed by atoms with Crippen molar-refractivity contribution in [1.82, 2.24) is 15.5 Å². The number of piperazine rings is 1. The molecule has 0 aliphatic carbocycles. The monoisotopic (exact) mass is 487 g/mol. The van der Waals surface area contributed by atoms with E-state index in [2.05, 4.69) is 34.9 Å². The van der Waals surface area contributed by atoms with Crippen LogP contribution in [0.2, 0.25) is 0 Å². The fraction of sp³-hybridized carbons (Fsp3) is 0.308. The van der Waals surface area contributed by atoms with Crippen molar-refractivity contribution in [3.63, 3.8) is 0 Å². The zero-order valence-corrected chi connectivity index (χ0v) is 20.4. The smallest absolute Gasteiger partial charge is 0.252 e. The Balaban J connectivity index is 0.00000193. The summed E-state index contributed by atoms with van der Waals surface area (Å²) in [6.45, 7) is 5.21. The number of halogens is 2. The molecule has 0 aromatic heterocycles. The Labute approximate surface area is 207 Å². The van der Waals surface area contributed by atoms with E-state index in [9.17, 15) is 9.59 Å². The predicted molar refractivity (Wildman–Crippen MR) is 139 cm³/mol. The molecular weight excluding hydrogens is 457 g/mol. The Morgan fingerprint density at radius 3 is 2.39 bits per heavy atom. The van der Waals surface area contributed by atoms with Crippen LogP contribution in [0.5, 0.6) is 0 Å². The number of amides is 2. The molecule has 0 bridgehead atoms. The van der Waals surface area contributed by atoms with Crippen molar-refractivity contribution in [3.05, 3.63) is 83.4 Å². The number of hydrogen-bond donors (Lipinski definition) is 2. The number of nitrogens with one attached hydrogen (secondary N) is 2. The number of fused-ring (bicyclic) bond motifs is 1. The molecule has 33 heavy (non-hydrogen) atoms. The lowest BCUT2D eigenvalue weighted by Gasteiger charge is -2.27. The number of nitrogens with zero attached hydrogens (tertiary/aromatic N) is 1. The van der Waals surface area contributed by atoms with E-state index in [1.807, 2.05) is 54.3 Å². The number of benzene rings is 3. The summed E-state index contributed by atoms with van der Waals surface area (Å²) in [5, 5.41) is 8.72. The van der Waals surface area contributed by atoms with Gasteiger partial charge in [0.15, 0.2) is 0 Å². The summed E-state index contributed by atoms with van der Waals surface area (Å²) in [6, 6.07) is 21.8. The van der Waals surface area contributed by atoms with Gasteiger partial charge in [0.1, 0.15) is 0 Å². The summed E-state index contributed by atoms with van der Waals surface area (Å²) in [7, 11) is 0. The van der Waals surface area contributed by atoms with E-state index in [1.54, 1.807) is 0 Å². The van der Waals surface area contributed by atoms with Crippen LogP contribution >= 0.6 is 24.8 Å². The van der Waals surface area contributed by atoms with Gasteiger partial charge in [0.2, 0.25) is 5.91 Å². The molecule has 1 atom stereocenters. The summed E-state index contributed by atoms with van der Waals surface area (Å²) in [5.41, 5.74) is 2.65. The van der Waals surface area contributed by atoms with Crippen LogP contribution in [0, 0.1) is 0 Å². The molecule has 0 radical (unpaired) electrons. The lowest BCUT2D eigenvalue weighted by Crippen LogP contribution is -2.46. The standard InChI is InChI=1S/C26H29N3O2.2ClH/c1-19(22-12-6-9-20-7-2-4-10-23(20)22)28-26(31)24-11-5-3-8-21(24)13-14-25(30)29-17-15-27-16-18-29;;/h2-12,19,27H,13-18H2,1H3,(H,28,31);2*1H/t19-;;/m1../s1. The van der Waals surface area contributed by atoms with E-state index in [0.29, 0.717) is 18.4 Å². The molecule has 1 fully saturated rings. The van der Waals surface area contributed by atoms with Crippen molar-refractivity contribution in [3.8, 4) is 0 Å². The van der Waals surface area contributed by atoms with Crippen LogP contribution in [-0.2, 0) is 11.2 Å². The maximum absolute atomic E-state index is 13.1. The molecular formula is C26H31Cl2N3O2. The molecule has 3 aromatic rings. The first-order chi connectivity index (χ1) is 15.1. The molecule has 1 aliphatic rings. The van der Waals surface area contributed by atoms with Crippen LogP contribution in [-0.4, -0.2) is 42.9 Å². The number of rotatable bonds is 6. The van der Waals surface area contributed by atoms with Crippen LogP contribution in [0.1, 0.15) is 40.9 Å². The SMILES string of the molecule is C[C@@H](NC(=O)c1ccccc1CCC(=O)N1CCNCC1)c1cccc2ccccc12.Cl.Cl. The van der Waals surface area contributed by atoms with Crippen molar-refractivity contribution < 1.29 is 9.59 Å². The second-order valence-corrected chi connectivity index (χ2v) is 8.05. The quantitative estimate of drug-likeness (QED) is 0.536. The van der Waals surface area contributed by atoms with Gasteiger partial charge in [0, 0.05) is 38.2 Å². The maximum atomic E-state index is 13.1. The second-order valence-electron chi connectivity index (χ2n) is 8.05. The zero-order valence-electron chi connectivity index (χ0n) is 18.8. The number of carbonyl (C=O) groups excluding carboxylic acids is 2. The number of aryl methyl sites for hydroxylation is 1. The average Bonchev–Trinajstić information content (AvgIpc) is 2.82. The Hall–Kier alpha value is -2.60. The van der Waals surface area contributed by atoms with Gasteiger partial charge >= 0.3 is 0 Å². The van der Waals surface area contributed by atoms with Crippen LogP contribution < -0.4 is 10.6 Å². The molecule has 1 aliphatic heterocycles. The minimum atomic E-state index is -0.130. The normalized spacial score (nSPS) is 14.0. The van der Waals surface area contributed by atoms with Gasteiger partial charge in [-0.25, -0.2) is 0 Å². The minimum absolute atomic E-state index is 0. The maximum Gasteiger partial charge on any atom is 0.252 e. The summed E-state index contributed by atoms with van der Waals surface area (Å²) < 4.78 is 0. The largest absolute Gasteiger partial charge is 0.345 e. The van der Waals surface area contributed by atoms with E-state index < -0.39 is 0 Å². The number of hydrogen-bond acceptors (Lipinski definition) is 3. The first-order valence-electron chi connectivity index (χ1n) is 11.0. The highest BCUT2D eigenvalue weighted by atomic mass is 35.5. The Morgan fingerprint density at radius 2 is 1.61 bits per heavy atom. The summed E-state index contributed by atoms with van der Waals surface area (Å²) in [4.78, 5) is 27.6. The van der Waals surface area contributed by atoms with Crippen molar-refractivity contribution in [2.24, 2.45) is 0 Å². The van der Waals surface area contributed by atoms with E-state index in [4.69, 9.17) is 0 Å². The van der Waals surface area contributed by atoms with Gasteiger partial charge in [0.25, 0.3) is 5.91 Å². The lowest BCUT2D eigenvalue weighted by atomic mass is 9.98. The molecule has 4 rings (SSSR count). The van der Waals surface area contributed by atoms with Gasteiger partial charge in [-0.1, -0.05) is 60.7 Å². The van der Waals surface area contributed by atoms with Crippen molar-refractivity contribution in [2.45, 2.75) is 25.8 Å². The van der Waals surface area contributed by atoms with Gasteiger partial charge in [-0.15, -0.1) is 24.8 Å². The molecule has 7 heteroatoms. The van der Waals surface area contributed by atoms with Gasteiger partial charge < -0.3 is 15.5 Å². The fourth-order valence-electron chi connectivity index (χ4n) is 4.25. The summed E-state index contributed by atoms with van der Waals surface area (Å²) in [5.74, 6) is 0.0477. The zero-order chi connectivity index (χ0) is 21.6. The molecule has 0 saturated carbocycles. The summed E-state index contributed by atoms with van der Waals surface area (Å²) in [6.07, 6.45) is 0.984. The lowest BCUT2D eigenvalue weighted by molar-refractivity contribution is -0.131. The van der Waals surface area contributed by atoms with Crippen LogP contribution in [0.15, 0.2) is 66.7 Å². The van der Waals surface area contributed by atoms with Gasteiger partial charge in [-0.3, -0.25) is 9.59 Å². The highest BCUT2D eigenvalue weighted by molar-refractivity contribution is 5.96. The molecule has 5 nitrogen and oxygen atoms in total. The highest BCUT2D eigenvalue weighted by Gasteiger charge is 2.19. The topological polar surface area (TPSA) is 61.4 Å². The Morgan fingerprint density at radius 1 is 0.939 bits per heavy atom. The molecule has 2 amide bonds. The molecule has 176 valence electrons. The molecule has 0 unspecified atom stereocenters. The van der Waals surface area contributed by atoms with E-state index in [0.717, 1.165) is 48.1 Å². The molecule has 0 spiro atoms. The predicted octanol–water partition coefficient (Wildman–Crippen LogP) is 4.54. The molecule has 2 N–H and O–H groups in total. The van der Waals surface area contributed by atoms with Crippen molar-refractivity contribution in [1.29, 1.82) is 0 Å². The minimum Gasteiger partial charge on any atom is -0.345 e.